The molecule has 0 spiro atoms. The Morgan fingerprint density at radius 2 is 1.83 bits per heavy atom. The molecule has 1 aromatic heterocycles. The van der Waals surface area contributed by atoms with Crippen molar-refractivity contribution in [3.8, 4) is 0 Å². The van der Waals surface area contributed by atoms with Gasteiger partial charge in [0.25, 0.3) is 5.91 Å². The lowest BCUT2D eigenvalue weighted by Crippen LogP contribution is -2.67. The van der Waals surface area contributed by atoms with Gasteiger partial charge in [0.15, 0.2) is 5.54 Å². The van der Waals surface area contributed by atoms with Crippen molar-refractivity contribution >= 4 is 34.3 Å². The number of piperazine rings is 1. The highest BCUT2D eigenvalue weighted by Crippen LogP contribution is 2.49. The summed E-state index contributed by atoms with van der Waals surface area (Å²) in [5, 5.41) is 1.66. The van der Waals surface area contributed by atoms with Gasteiger partial charge in [-0.05, 0) is 54.3 Å². The highest BCUT2D eigenvalue weighted by molar-refractivity contribution is 6.31. The van der Waals surface area contributed by atoms with Crippen molar-refractivity contribution in [3.63, 3.8) is 0 Å². The summed E-state index contributed by atoms with van der Waals surface area (Å²) in [5.41, 5.74) is 3.19. The smallest absolute Gasteiger partial charge is 0.254 e. The number of hydrogen-bond donors (Lipinski definition) is 1. The molecule has 1 N–H and O–H groups in total. The average molecular weight is 502 g/mol. The number of carbonyl (C=O) groups excluding carboxylic acids is 2. The Balaban J connectivity index is 1.45. The normalized spacial score (nSPS) is 21.6. The van der Waals surface area contributed by atoms with Crippen molar-refractivity contribution in [1.82, 2.24) is 14.8 Å². The van der Waals surface area contributed by atoms with Crippen LogP contribution in [-0.4, -0.2) is 46.2 Å². The molecule has 2 aliphatic rings. The number of nitrogens with one attached hydrogen (secondary N) is 1. The van der Waals surface area contributed by atoms with Crippen LogP contribution in [0.2, 0.25) is 5.02 Å². The fourth-order valence-corrected chi connectivity index (χ4v) is 6.12. The van der Waals surface area contributed by atoms with E-state index in [9.17, 15) is 14.0 Å². The number of rotatable bonds is 4. The van der Waals surface area contributed by atoms with Crippen LogP contribution in [0.1, 0.15) is 35.2 Å². The molecule has 1 fully saturated rings. The number of halogens is 2. The number of amides is 2. The Morgan fingerprint density at radius 1 is 1.06 bits per heavy atom. The molecule has 3 heterocycles. The standard InChI is InChI=1S/C29H25ClFN3O2/c1-29-27-26(21-10-3-5-12-24(21)32-27)22(20-9-2-4-11-23(20)30)16-34(29)25(35)17-33(28(29)36)14-13-18-7-6-8-19(31)15-18/h2-12,15,22,32H,13-14,16-17H2,1H3/t22?,29-/m0/s1. The van der Waals surface area contributed by atoms with Gasteiger partial charge in [-0.15, -0.1) is 0 Å². The molecule has 4 aromatic rings. The Labute approximate surface area is 213 Å². The maximum absolute atomic E-state index is 14.1. The van der Waals surface area contributed by atoms with Gasteiger partial charge >= 0.3 is 0 Å². The molecular weight excluding hydrogens is 477 g/mol. The summed E-state index contributed by atoms with van der Waals surface area (Å²) < 4.78 is 13.7. The van der Waals surface area contributed by atoms with Gasteiger partial charge in [-0.25, -0.2) is 4.39 Å². The molecular formula is C29H25ClFN3O2. The first-order chi connectivity index (χ1) is 17.4. The molecule has 1 unspecified atom stereocenters. The molecule has 3 aromatic carbocycles. The van der Waals surface area contributed by atoms with E-state index >= 15 is 0 Å². The molecule has 0 aliphatic carbocycles. The zero-order chi connectivity index (χ0) is 25.0. The number of para-hydroxylation sites is 1. The van der Waals surface area contributed by atoms with Gasteiger partial charge in [0.1, 0.15) is 5.82 Å². The van der Waals surface area contributed by atoms with Crippen molar-refractivity contribution in [2.75, 3.05) is 19.6 Å². The molecule has 2 amide bonds. The van der Waals surface area contributed by atoms with Gasteiger partial charge in [0.2, 0.25) is 5.91 Å². The molecule has 36 heavy (non-hydrogen) atoms. The minimum atomic E-state index is -1.18. The zero-order valence-electron chi connectivity index (χ0n) is 19.8. The molecule has 0 bridgehead atoms. The molecule has 182 valence electrons. The first kappa shape index (κ1) is 22.8. The third-order valence-corrected chi connectivity index (χ3v) is 8.00. The summed E-state index contributed by atoms with van der Waals surface area (Å²) in [5.74, 6) is -0.734. The van der Waals surface area contributed by atoms with Gasteiger partial charge in [-0.1, -0.05) is 60.1 Å². The summed E-state index contributed by atoms with van der Waals surface area (Å²) in [6.45, 7) is 2.52. The topological polar surface area (TPSA) is 56.4 Å². The summed E-state index contributed by atoms with van der Waals surface area (Å²) in [4.78, 5) is 34.5. The fourth-order valence-electron chi connectivity index (χ4n) is 5.85. The summed E-state index contributed by atoms with van der Waals surface area (Å²) in [7, 11) is 0. The maximum Gasteiger partial charge on any atom is 0.254 e. The van der Waals surface area contributed by atoms with Crippen molar-refractivity contribution in [2.24, 2.45) is 0 Å². The van der Waals surface area contributed by atoms with Crippen LogP contribution >= 0.6 is 11.6 Å². The lowest BCUT2D eigenvalue weighted by molar-refractivity contribution is -0.166. The van der Waals surface area contributed by atoms with Crippen LogP contribution in [0.5, 0.6) is 0 Å². The molecule has 1 saturated heterocycles. The van der Waals surface area contributed by atoms with E-state index in [0.29, 0.717) is 24.5 Å². The van der Waals surface area contributed by atoms with E-state index in [0.717, 1.165) is 33.3 Å². The molecule has 5 nitrogen and oxygen atoms in total. The Hall–Kier alpha value is -3.64. The van der Waals surface area contributed by atoms with Crippen molar-refractivity contribution in [1.29, 1.82) is 0 Å². The van der Waals surface area contributed by atoms with Crippen LogP contribution in [0.25, 0.3) is 10.9 Å². The van der Waals surface area contributed by atoms with E-state index < -0.39 is 5.54 Å². The monoisotopic (exact) mass is 501 g/mol. The Kier molecular flexibility index (Phi) is 5.38. The molecule has 7 heteroatoms. The van der Waals surface area contributed by atoms with Gasteiger partial charge < -0.3 is 14.8 Å². The predicted octanol–water partition coefficient (Wildman–Crippen LogP) is 5.23. The number of carbonyl (C=O) groups is 2. The zero-order valence-corrected chi connectivity index (χ0v) is 20.6. The SMILES string of the molecule is C[C@]12C(=O)N(CCc3cccc(F)c3)CC(=O)N1CC(c1ccccc1Cl)c1c2[nH]c2ccccc12. The van der Waals surface area contributed by atoms with Crippen LogP contribution in [0.15, 0.2) is 72.8 Å². The second-order valence-corrected chi connectivity index (χ2v) is 10.1. The number of aromatic amines is 1. The van der Waals surface area contributed by atoms with Crippen LogP contribution < -0.4 is 0 Å². The van der Waals surface area contributed by atoms with E-state index in [1.807, 2.05) is 61.5 Å². The largest absolute Gasteiger partial charge is 0.356 e. The Bertz CT molecular complexity index is 1520. The predicted molar refractivity (Wildman–Crippen MR) is 137 cm³/mol. The van der Waals surface area contributed by atoms with E-state index in [-0.39, 0.29) is 30.1 Å². The number of benzene rings is 3. The van der Waals surface area contributed by atoms with Crippen molar-refractivity contribution in [2.45, 2.75) is 24.8 Å². The fraction of sp³-hybridized carbons (Fsp3) is 0.241. The van der Waals surface area contributed by atoms with Crippen molar-refractivity contribution in [3.05, 3.63) is 106 Å². The minimum Gasteiger partial charge on any atom is -0.356 e. The number of fused-ring (bicyclic) bond motifs is 5. The van der Waals surface area contributed by atoms with Crippen molar-refractivity contribution < 1.29 is 14.0 Å². The van der Waals surface area contributed by atoms with E-state index in [1.54, 1.807) is 15.9 Å². The molecule has 2 atom stereocenters. The first-order valence-electron chi connectivity index (χ1n) is 12.1. The number of H-pyrrole nitrogens is 1. The second kappa shape index (κ2) is 8.49. The highest BCUT2D eigenvalue weighted by atomic mass is 35.5. The number of aromatic nitrogens is 1. The second-order valence-electron chi connectivity index (χ2n) is 9.72. The lowest BCUT2D eigenvalue weighted by atomic mass is 9.76. The van der Waals surface area contributed by atoms with Gasteiger partial charge in [0, 0.05) is 34.9 Å². The van der Waals surface area contributed by atoms with Gasteiger partial charge in [0.05, 0.1) is 12.2 Å². The number of hydrogen-bond acceptors (Lipinski definition) is 2. The lowest BCUT2D eigenvalue weighted by Gasteiger charge is -2.51. The molecule has 0 radical (unpaired) electrons. The third-order valence-electron chi connectivity index (χ3n) is 7.66. The van der Waals surface area contributed by atoms with Crippen LogP contribution in [0.3, 0.4) is 0 Å². The molecule has 6 rings (SSSR count). The minimum absolute atomic E-state index is 0.00541. The van der Waals surface area contributed by atoms with E-state index in [4.69, 9.17) is 11.6 Å². The van der Waals surface area contributed by atoms with Gasteiger partial charge in [-0.2, -0.15) is 0 Å². The maximum atomic E-state index is 14.1. The summed E-state index contributed by atoms with van der Waals surface area (Å²) in [6.07, 6.45) is 0.467. The third kappa shape index (κ3) is 3.43. The van der Waals surface area contributed by atoms with Crippen LogP contribution in [0.4, 0.5) is 4.39 Å². The van der Waals surface area contributed by atoms with E-state index in [1.165, 1.54) is 12.1 Å². The van der Waals surface area contributed by atoms with Crippen LogP contribution in [0, 0.1) is 5.82 Å². The average Bonchev–Trinajstić information content (AvgIpc) is 3.27. The molecule has 2 aliphatic heterocycles. The van der Waals surface area contributed by atoms with Crippen LogP contribution in [-0.2, 0) is 21.5 Å². The molecule has 0 saturated carbocycles. The quantitative estimate of drug-likeness (QED) is 0.416. The number of nitrogens with zero attached hydrogens (tertiary/aromatic N) is 2. The summed E-state index contributed by atoms with van der Waals surface area (Å²) >= 11 is 6.64. The Morgan fingerprint density at radius 3 is 2.64 bits per heavy atom. The highest BCUT2D eigenvalue weighted by Gasteiger charge is 2.56. The van der Waals surface area contributed by atoms with E-state index in [2.05, 4.69) is 4.98 Å². The van der Waals surface area contributed by atoms with Gasteiger partial charge in [-0.3, -0.25) is 9.59 Å². The summed E-state index contributed by atoms with van der Waals surface area (Å²) in [6, 6.07) is 22.0. The first-order valence-corrected chi connectivity index (χ1v) is 12.5.